The van der Waals surface area contributed by atoms with Crippen molar-refractivity contribution >= 4 is 10.8 Å². The van der Waals surface area contributed by atoms with Gasteiger partial charge in [0.2, 0.25) is 0 Å². The summed E-state index contributed by atoms with van der Waals surface area (Å²) >= 11 is 0. The maximum Gasteiger partial charge on any atom is 0.166 e. The van der Waals surface area contributed by atoms with Crippen molar-refractivity contribution in [3.8, 4) is 23.0 Å². The van der Waals surface area contributed by atoms with Crippen molar-refractivity contribution in [2.75, 3.05) is 0 Å². The number of hydrogen-bond acceptors (Lipinski definition) is 0. The summed E-state index contributed by atoms with van der Waals surface area (Å²) in [6.07, 6.45) is 4.87. The molecule has 4 aromatic rings. The van der Waals surface area contributed by atoms with Crippen molar-refractivity contribution in [2.24, 2.45) is 0 Å². The molecular weight excluding hydrogens is 386 g/mol. The van der Waals surface area contributed by atoms with Crippen LogP contribution in [0.4, 0.5) is 8.78 Å². The Morgan fingerprint density at radius 3 is 2.00 bits per heavy atom. The fourth-order valence-electron chi connectivity index (χ4n) is 3.67. The lowest BCUT2D eigenvalue weighted by Crippen LogP contribution is -1.87. The smallest absolute Gasteiger partial charge is 0.166 e. The Balaban J connectivity index is 1.48. The molecule has 0 nitrogen and oxygen atoms in total. The van der Waals surface area contributed by atoms with Crippen LogP contribution < -0.4 is 0 Å². The molecule has 0 amide bonds. The van der Waals surface area contributed by atoms with Gasteiger partial charge in [0.25, 0.3) is 0 Å². The number of halogens is 2. The first-order valence-electron chi connectivity index (χ1n) is 10.7. The second kappa shape index (κ2) is 9.58. The van der Waals surface area contributed by atoms with Crippen LogP contribution in [0.1, 0.15) is 42.9 Å². The summed E-state index contributed by atoms with van der Waals surface area (Å²) < 4.78 is 27.3. The Kier molecular flexibility index (Phi) is 6.43. The Morgan fingerprint density at radius 1 is 0.677 bits per heavy atom. The second-order valence-electron chi connectivity index (χ2n) is 7.78. The summed E-state index contributed by atoms with van der Waals surface area (Å²) in [7, 11) is 0. The molecule has 31 heavy (non-hydrogen) atoms. The third kappa shape index (κ3) is 5.01. The molecule has 2 heteroatoms. The van der Waals surface area contributed by atoms with E-state index in [-0.39, 0.29) is 0 Å². The van der Waals surface area contributed by atoms with Gasteiger partial charge in [0.05, 0.1) is 0 Å². The third-order valence-corrected chi connectivity index (χ3v) is 5.50. The Morgan fingerprint density at radius 2 is 1.32 bits per heavy atom. The molecule has 0 spiro atoms. The lowest BCUT2D eigenvalue weighted by molar-refractivity contribution is 0.517. The number of benzene rings is 4. The first-order valence-corrected chi connectivity index (χ1v) is 10.7. The molecule has 0 heterocycles. The molecule has 0 aromatic heterocycles. The second-order valence-corrected chi connectivity index (χ2v) is 7.78. The zero-order valence-electron chi connectivity index (χ0n) is 17.6. The van der Waals surface area contributed by atoms with Gasteiger partial charge < -0.3 is 0 Å². The van der Waals surface area contributed by atoms with Crippen LogP contribution in [0.15, 0.2) is 78.9 Å². The molecule has 0 radical (unpaired) electrons. The highest BCUT2D eigenvalue weighted by Gasteiger charge is 2.08. The van der Waals surface area contributed by atoms with Gasteiger partial charge in [-0.2, -0.15) is 0 Å². The van der Waals surface area contributed by atoms with Gasteiger partial charge in [0.15, 0.2) is 11.6 Å². The van der Waals surface area contributed by atoms with Gasteiger partial charge in [0.1, 0.15) is 0 Å². The highest BCUT2D eigenvalue weighted by atomic mass is 19.2. The quantitative estimate of drug-likeness (QED) is 0.232. The van der Waals surface area contributed by atoms with Crippen LogP contribution in [0.5, 0.6) is 0 Å². The summed E-state index contributed by atoms with van der Waals surface area (Å²) in [5.41, 5.74) is 5.27. The summed E-state index contributed by atoms with van der Waals surface area (Å²) in [4.78, 5) is 0. The minimum absolute atomic E-state index is 0.294. The zero-order valence-corrected chi connectivity index (χ0v) is 17.6. The topological polar surface area (TPSA) is 0 Å². The maximum atomic E-state index is 13.9. The molecule has 0 saturated heterocycles. The molecular formula is C29H24F2. The number of hydrogen-bond donors (Lipinski definition) is 0. The molecule has 4 aromatic carbocycles. The van der Waals surface area contributed by atoms with Crippen LogP contribution in [0, 0.1) is 23.5 Å². The first kappa shape index (κ1) is 20.8. The van der Waals surface area contributed by atoms with Crippen molar-refractivity contribution in [1.29, 1.82) is 0 Å². The molecule has 0 bridgehead atoms. The van der Waals surface area contributed by atoms with Crippen molar-refractivity contribution in [3.63, 3.8) is 0 Å². The van der Waals surface area contributed by atoms with E-state index in [4.69, 9.17) is 0 Å². The Hall–Kier alpha value is -3.44. The Labute approximate surface area is 182 Å². The van der Waals surface area contributed by atoms with E-state index in [2.05, 4.69) is 43.0 Å². The normalized spacial score (nSPS) is 10.7. The van der Waals surface area contributed by atoms with Gasteiger partial charge >= 0.3 is 0 Å². The monoisotopic (exact) mass is 410 g/mol. The largest absolute Gasteiger partial charge is 0.204 e. The lowest BCUT2D eigenvalue weighted by atomic mass is 10.00. The van der Waals surface area contributed by atoms with Crippen LogP contribution in [0.2, 0.25) is 0 Å². The summed E-state index contributed by atoms with van der Waals surface area (Å²) in [5.74, 6) is 4.81. The van der Waals surface area contributed by atoms with Gasteiger partial charge in [-0.3, -0.25) is 0 Å². The molecule has 4 rings (SSSR count). The summed E-state index contributed by atoms with van der Waals surface area (Å²) in [6.45, 7) is 2.22. The predicted molar refractivity (Wildman–Crippen MR) is 125 cm³/mol. The van der Waals surface area contributed by atoms with E-state index in [1.54, 1.807) is 12.1 Å². The Bertz CT molecular complexity index is 1240. The lowest BCUT2D eigenvalue weighted by Gasteiger charge is -2.06. The van der Waals surface area contributed by atoms with E-state index in [1.807, 2.05) is 36.4 Å². The minimum Gasteiger partial charge on any atom is -0.204 e. The average molecular weight is 411 g/mol. The highest BCUT2D eigenvalue weighted by molar-refractivity contribution is 5.88. The summed E-state index contributed by atoms with van der Waals surface area (Å²) in [6, 6.07) is 24.5. The zero-order chi connectivity index (χ0) is 21.6. The number of fused-ring (bicyclic) bond motifs is 1. The van der Waals surface area contributed by atoms with Gasteiger partial charge in [-0.05, 0) is 71.3 Å². The molecule has 0 saturated carbocycles. The molecule has 0 N–H and O–H groups in total. The third-order valence-electron chi connectivity index (χ3n) is 5.50. The van der Waals surface area contributed by atoms with Crippen molar-refractivity contribution < 1.29 is 8.78 Å². The van der Waals surface area contributed by atoms with Gasteiger partial charge in [-0.25, -0.2) is 8.78 Å². The van der Waals surface area contributed by atoms with Gasteiger partial charge in [-0.1, -0.05) is 74.1 Å². The molecule has 0 aliphatic heterocycles. The van der Waals surface area contributed by atoms with E-state index < -0.39 is 11.6 Å². The van der Waals surface area contributed by atoms with Crippen LogP contribution in [-0.2, 0) is 6.42 Å². The fraction of sp³-hybridized carbons (Fsp3) is 0.172. The first-order chi connectivity index (χ1) is 15.1. The van der Waals surface area contributed by atoms with Crippen LogP contribution in [-0.4, -0.2) is 0 Å². The van der Waals surface area contributed by atoms with Crippen molar-refractivity contribution in [2.45, 2.75) is 32.6 Å². The predicted octanol–water partition coefficient (Wildman–Crippen LogP) is 7.92. The minimum atomic E-state index is -0.825. The highest BCUT2D eigenvalue weighted by Crippen LogP contribution is 2.27. The van der Waals surface area contributed by atoms with Gasteiger partial charge in [-0.15, -0.1) is 0 Å². The molecule has 0 atom stereocenters. The van der Waals surface area contributed by atoms with Crippen molar-refractivity contribution in [1.82, 2.24) is 0 Å². The van der Waals surface area contributed by atoms with E-state index in [0.717, 1.165) is 34.7 Å². The van der Waals surface area contributed by atoms with Crippen LogP contribution in [0.25, 0.3) is 21.9 Å². The number of rotatable bonds is 5. The molecule has 0 aliphatic carbocycles. The van der Waals surface area contributed by atoms with Crippen LogP contribution >= 0.6 is 0 Å². The van der Waals surface area contributed by atoms with Crippen molar-refractivity contribution in [3.05, 3.63) is 107 Å². The molecule has 154 valence electrons. The van der Waals surface area contributed by atoms with E-state index >= 15 is 0 Å². The molecule has 0 fully saturated rings. The number of unbranched alkanes of at least 4 members (excludes halogenated alkanes) is 2. The standard InChI is InChI=1S/C29H24F2/c1-2-3-4-5-21-6-8-22(9-7-21)10-11-23-12-14-24(15-13-23)25-16-18-27-26(20-25)17-19-28(30)29(27)31/h6-9,12-20H,2-5H2,1H3. The van der Waals surface area contributed by atoms with E-state index in [9.17, 15) is 8.78 Å². The van der Waals surface area contributed by atoms with E-state index in [0.29, 0.717) is 10.8 Å². The average Bonchev–Trinajstić information content (AvgIpc) is 2.81. The summed E-state index contributed by atoms with van der Waals surface area (Å²) in [5, 5.41) is 0.973. The SMILES string of the molecule is CCCCCc1ccc(C#Cc2ccc(-c3ccc4c(F)c(F)ccc4c3)cc2)cc1. The van der Waals surface area contributed by atoms with Crippen LogP contribution in [0.3, 0.4) is 0 Å². The maximum absolute atomic E-state index is 13.9. The molecule has 0 unspecified atom stereocenters. The van der Waals surface area contributed by atoms with Gasteiger partial charge in [0, 0.05) is 16.5 Å². The molecule has 0 aliphatic rings. The fourth-order valence-corrected chi connectivity index (χ4v) is 3.67. The number of aryl methyl sites for hydroxylation is 1. The van der Waals surface area contributed by atoms with E-state index in [1.165, 1.54) is 24.8 Å².